The molecule has 3 aromatic rings. The molecule has 6 heteroatoms. The van der Waals surface area contributed by atoms with Crippen LogP contribution in [0.4, 0.5) is 8.78 Å². The molecular weight excluding hydrogens is 396 g/mol. The van der Waals surface area contributed by atoms with Crippen LogP contribution in [0.5, 0.6) is 5.75 Å². The fraction of sp³-hybridized carbons (Fsp3) is 0.304. The molecule has 0 atom stereocenters. The van der Waals surface area contributed by atoms with Crippen LogP contribution in [0.15, 0.2) is 42.5 Å². The Balaban J connectivity index is 2.09. The molecule has 3 nitrogen and oxygen atoms in total. The Kier molecular flexibility index (Phi) is 6.48. The number of aryl methyl sites for hydroxylation is 1. The minimum Gasteiger partial charge on any atom is -0.434 e. The van der Waals surface area contributed by atoms with Crippen LogP contribution in [0, 0.1) is 5.92 Å². The number of pyridine rings is 1. The summed E-state index contributed by atoms with van der Waals surface area (Å²) in [6.45, 7) is 2.65. The third-order valence-corrected chi connectivity index (χ3v) is 5.09. The van der Waals surface area contributed by atoms with E-state index in [1.807, 2.05) is 32.9 Å². The maximum atomic E-state index is 13.2. The Labute approximate surface area is 173 Å². The van der Waals surface area contributed by atoms with Gasteiger partial charge in [-0.15, -0.1) is 0 Å². The van der Waals surface area contributed by atoms with Gasteiger partial charge in [0, 0.05) is 34.5 Å². The van der Waals surface area contributed by atoms with Crippen LogP contribution in [0.3, 0.4) is 0 Å². The number of nitrogens with zero attached hydrogens (tertiary/aromatic N) is 1. The molecule has 29 heavy (non-hydrogen) atoms. The summed E-state index contributed by atoms with van der Waals surface area (Å²) in [6.07, 6.45) is 0.900. The first kappa shape index (κ1) is 21.2. The summed E-state index contributed by atoms with van der Waals surface area (Å²) in [5, 5.41) is 0.844. The normalized spacial score (nSPS) is 11.4. The highest BCUT2D eigenvalue weighted by Gasteiger charge is 2.20. The lowest BCUT2D eigenvalue weighted by Gasteiger charge is -2.17. The van der Waals surface area contributed by atoms with Gasteiger partial charge in [0.1, 0.15) is 5.75 Å². The van der Waals surface area contributed by atoms with Gasteiger partial charge in [-0.3, -0.25) is 9.78 Å². The molecule has 0 aliphatic heterocycles. The summed E-state index contributed by atoms with van der Waals surface area (Å²) in [5.41, 5.74) is 3.21. The van der Waals surface area contributed by atoms with Crippen LogP contribution in [0.25, 0.3) is 10.9 Å². The molecule has 3 rings (SSSR count). The number of rotatable bonds is 7. The maximum Gasteiger partial charge on any atom is 0.387 e. The SMILES string of the molecule is CCc1nc2c(Cl)cccc2c(OC(F)F)c1Cc1ccc(C(=O)C(C)C)cc1. The van der Waals surface area contributed by atoms with Crippen LogP contribution in [0.1, 0.15) is 48.0 Å². The molecule has 0 spiro atoms. The molecule has 0 saturated heterocycles. The van der Waals surface area contributed by atoms with Gasteiger partial charge in [0.2, 0.25) is 0 Å². The van der Waals surface area contributed by atoms with Crippen molar-refractivity contribution in [3.05, 3.63) is 69.9 Å². The Morgan fingerprint density at radius 1 is 1.14 bits per heavy atom. The van der Waals surface area contributed by atoms with Crippen molar-refractivity contribution in [2.75, 3.05) is 0 Å². The largest absolute Gasteiger partial charge is 0.434 e. The standard InChI is InChI=1S/C23H22ClF2NO2/c1-4-19-17(12-14-8-10-15(11-9-14)21(28)13(2)3)22(29-23(25)26)16-6-5-7-18(24)20(16)27-19/h5-11,13,23H,4,12H2,1-3H3. The smallest absolute Gasteiger partial charge is 0.387 e. The molecule has 0 fully saturated rings. The summed E-state index contributed by atoms with van der Waals surface area (Å²) < 4.78 is 31.4. The zero-order valence-corrected chi connectivity index (χ0v) is 17.3. The number of benzene rings is 2. The number of ketones is 1. The number of fused-ring (bicyclic) bond motifs is 1. The van der Waals surface area contributed by atoms with Crippen LogP contribution in [-0.2, 0) is 12.8 Å². The Bertz CT molecular complexity index is 1030. The minimum atomic E-state index is -2.96. The lowest BCUT2D eigenvalue weighted by molar-refractivity contribution is -0.0494. The minimum absolute atomic E-state index is 0.0644. The molecule has 0 aliphatic carbocycles. The third kappa shape index (κ3) is 4.56. The quantitative estimate of drug-likeness (QED) is 0.413. The highest BCUT2D eigenvalue weighted by atomic mass is 35.5. The maximum absolute atomic E-state index is 13.2. The van der Waals surface area contributed by atoms with E-state index in [0.29, 0.717) is 45.6 Å². The highest BCUT2D eigenvalue weighted by molar-refractivity contribution is 6.35. The predicted octanol–water partition coefficient (Wildman–Crippen LogP) is 6.48. The molecule has 0 amide bonds. The highest BCUT2D eigenvalue weighted by Crippen LogP contribution is 2.36. The van der Waals surface area contributed by atoms with Gasteiger partial charge in [-0.05, 0) is 24.1 Å². The van der Waals surface area contributed by atoms with Crippen molar-refractivity contribution in [2.45, 2.75) is 40.2 Å². The second-order valence-electron chi connectivity index (χ2n) is 7.13. The van der Waals surface area contributed by atoms with E-state index in [1.165, 1.54) is 0 Å². The molecule has 0 N–H and O–H groups in total. The van der Waals surface area contributed by atoms with E-state index in [9.17, 15) is 13.6 Å². The first-order valence-corrected chi connectivity index (χ1v) is 9.87. The van der Waals surface area contributed by atoms with Crippen molar-refractivity contribution in [3.63, 3.8) is 0 Å². The second-order valence-corrected chi connectivity index (χ2v) is 7.53. The first-order chi connectivity index (χ1) is 13.8. The number of hydrogen-bond acceptors (Lipinski definition) is 3. The summed E-state index contributed by atoms with van der Waals surface area (Å²) in [5.74, 6) is 0.0780. The molecule has 152 valence electrons. The van der Waals surface area contributed by atoms with Gasteiger partial charge in [-0.1, -0.05) is 62.7 Å². The number of alkyl halides is 2. The molecule has 0 aliphatic rings. The number of aromatic nitrogens is 1. The van der Waals surface area contributed by atoms with Crippen LogP contribution in [-0.4, -0.2) is 17.4 Å². The fourth-order valence-corrected chi connectivity index (χ4v) is 3.55. The van der Waals surface area contributed by atoms with Crippen LogP contribution >= 0.6 is 11.6 Å². The Morgan fingerprint density at radius 2 is 1.83 bits per heavy atom. The van der Waals surface area contributed by atoms with Gasteiger partial charge in [0.25, 0.3) is 0 Å². The van der Waals surface area contributed by atoms with Crippen molar-refractivity contribution in [1.82, 2.24) is 4.98 Å². The summed E-state index contributed by atoms with van der Waals surface area (Å²) in [4.78, 5) is 16.8. The van der Waals surface area contributed by atoms with E-state index < -0.39 is 6.61 Å². The topological polar surface area (TPSA) is 39.2 Å². The number of hydrogen-bond donors (Lipinski definition) is 0. The van der Waals surface area contributed by atoms with E-state index in [4.69, 9.17) is 16.3 Å². The summed E-state index contributed by atoms with van der Waals surface area (Å²) >= 11 is 6.24. The average Bonchev–Trinajstić information content (AvgIpc) is 2.69. The number of halogens is 3. The zero-order valence-electron chi connectivity index (χ0n) is 16.5. The fourth-order valence-electron chi connectivity index (χ4n) is 3.33. The van der Waals surface area contributed by atoms with Crippen molar-refractivity contribution in [3.8, 4) is 5.75 Å². The van der Waals surface area contributed by atoms with E-state index in [2.05, 4.69) is 4.98 Å². The third-order valence-electron chi connectivity index (χ3n) is 4.79. The summed E-state index contributed by atoms with van der Waals surface area (Å²) in [7, 11) is 0. The molecule has 1 aromatic heterocycles. The van der Waals surface area contributed by atoms with Crippen molar-refractivity contribution in [2.24, 2.45) is 5.92 Å². The summed E-state index contributed by atoms with van der Waals surface area (Å²) in [6, 6.07) is 12.2. The number of carbonyl (C=O) groups excluding carboxylic acids is 1. The molecule has 0 saturated carbocycles. The van der Waals surface area contributed by atoms with Crippen LogP contribution < -0.4 is 4.74 Å². The zero-order chi connectivity index (χ0) is 21.1. The van der Waals surface area contributed by atoms with Gasteiger partial charge < -0.3 is 4.74 Å². The lowest BCUT2D eigenvalue weighted by atomic mass is 9.96. The van der Waals surface area contributed by atoms with Crippen molar-refractivity contribution >= 4 is 28.3 Å². The molecule has 0 unspecified atom stereocenters. The molecule has 0 bridgehead atoms. The predicted molar refractivity (Wildman–Crippen MR) is 111 cm³/mol. The molecule has 1 heterocycles. The lowest BCUT2D eigenvalue weighted by Crippen LogP contribution is -2.10. The monoisotopic (exact) mass is 417 g/mol. The van der Waals surface area contributed by atoms with Gasteiger partial charge in [0.15, 0.2) is 5.78 Å². The van der Waals surface area contributed by atoms with Gasteiger partial charge in [-0.25, -0.2) is 0 Å². The Hall–Kier alpha value is -2.53. The average molecular weight is 418 g/mol. The van der Waals surface area contributed by atoms with E-state index in [-0.39, 0.29) is 17.5 Å². The van der Waals surface area contributed by atoms with Gasteiger partial charge >= 0.3 is 6.61 Å². The van der Waals surface area contributed by atoms with Crippen molar-refractivity contribution < 1.29 is 18.3 Å². The van der Waals surface area contributed by atoms with E-state index in [1.54, 1.807) is 30.3 Å². The van der Waals surface area contributed by atoms with Crippen LogP contribution in [0.2, 0.25) is 5.02 Å². The van der Waals surface area contributed by atoms with Crippen molar-refractivity contribution in [1.29, 1.82) is 0 Å². The van der Waals surface area contributed by atoms with Gasteiger partial charge in [0.05, 0.1) is 10.5 Å². The van der Waals surface area contributed by atoms with E-state index in [0.717, 1.165) is 5.56 Å². The number of Topliss-reactive ketones (excluding diaryl/α,β-unsaturated/α-hetero) is 1. The van der Waals surface area contributed by atoms with E-state index >= 15 is 0 Å². The number of ether oxygens (including phenoxy) is 1. The second kappa shape index (κ2) is 8.87. The Morgan fingerprint density at radius 3 is 2.41 bits per heavy atom. The molecule has 2 aromatic carbocycles. The van der Waals surface area contributed by atoms with Gasteiger partial charge in [-0.2, -0.15) is 8.78 Å². The number of para-hydroxylation sites is 1. The molecule has 0 radical (unpaired) electrons. The molecular formula is C23H22ClF2NO2. The first-order valence-electron chi connectivity index (χ1n) is 9.49. The number of carbonyl (C=O) groups is 1.